The van der Waals surface area contributed by atoms with Gasteiger partial charge in [0, 0.05) is 57.8 Å². The zero-order valence-corrected chi connectivity index (χ0v) is 43.6. The maximum absolute atomic E-state index is 15.5. The summed E-state index contributed by atoms with van der Waals surface area (Å²) in [5.74, 6) is -0.0214. The molecule has 0 spiro atoms. The Morgan fingerprint density at radius 2 is 1.14 bits per heavy atom. The molecule has 0 unspecified atom stereocenters. The minimum absolute atomic E-state index is 0.125. The highest BCUT2D eigenvalue weighted by Gasteiger charge is 2.37. The van der Waals surface area contributed by atoms with Crippen molar-refractivity contribution in [3.8, 4) is 34.4 Å². The normalized spacial score (nSPS) is 16.3. The van der Waals surface area contributed by atoms with Gasteiger partial charge in [0.2, 0.25) is 0 Å². The van der Waals surface area contributed by atoms with Gasteiger partial charge in [0.25, 0.3) is 0 Å². The first-order chi connectivity index (χ1) is 36.9. The number of carbonyl (C=O) groups is 2. The first-order valence-corrected chi connectivity index (χ1v) is 24.9. The van der Waals surface area contributed by atoms with Gasteiger partial charge in [-0.3, -0.25) is 4.68 Å². The van der Waals surface area contributed by atoms with Crippen LogP contribution in [-0.2, 0) is 32.0 Å². The van der Waals surface area contributed by atoms with Crippen LogP contribution in [0.25, 0.3) is 11.4 Å². The molecule has 18 nitrogen and oxygen atoms in total. The van der Waals surface area contributed by atoms with Gasteiger partial charge in [0.15, 0.2) is 34.4 Å². The third-order valence-corrected chi connectivity index (χ3v) is 13.2. The highest BCUT2D eigenvalue weighted by atomic mass is 35.5. The zero-order chi connectivity index (χ0) is 53.6. The Kier molecular flexibility index (Phi) is 16.3. The van der Waals surface area contributed by atoms with E-state index in [9.17, 15) is 9.59 Å². The van der Waals surface area contributed by atoms with E-state index in [4.69, 9.17) is 61.1 Å². The molecule has 0 amide bonds. The molecule has 4 atom stereocenters. The fourth-order valence-electron chi connectivity index (χ4n) is 9.55. The Balaban J connectivity index is 0.000000186. The topological polar surface area (TPSA) is 179 Å². The summed E-state index contributed by atoms with van der Waals surface area (Å²) in [5, 5.41) is 16.4. The van der Waals surface area contributed by atoms with Gasteiger partial charge in [-0.25, -0.2) is 23.1 Å². The van der Waals surface area contributed by atoms with Crippen molar-refractivity contribution in [3.63, 3.8) is 0 Å². The number of methoxy groups -OCH3 is 4. The Morgan fingerprint density at radius 3 is 1.64 bits per heavy atom. The molecule has 0 radical (unpaired) electrons. The lowest BCUT2D eigenvalue weighted by Gasteiger charge is -2.25. The smallest absolute Gasteiger partial charge is 0.360 e. The maximum atomic E-state index is 15.5. The standard InChI is InChI=1S/2C27H26ClFN4O5/c1-4-37-27(34)20-15-32(31-30-20)12-10-22-21-8-6-11-33(21)24-18(13-16(28)14-19(24)29)25(38-22)17-7-5-9-23(35-2)26(17)36-3;1-4-37-27(34)21-15-30-31-33(21)12-10-22-20-8-6-11-32(20)24-18(13-16(28)14-19(24)29)25(38-22)17-7-5-9-23(35-2)26(17)36-3/h2*5-9,11,13-15,22,25H,4,10,12H2,1-3H3/t2*22-,25-/m11/s1. The maximum Gasteiger partial charge on any atom is 0.360 e. The largest absolute Gasteiger partial charge is 0.493 e. The molecular formula is C54H52Cl2F2N8O10. The van der Waals surface area contributed by atoms with E-state index in [1.807, 2.05) is 48.5 Å². The number of aryl methyl sites for hydroxylation is 2. The second-order valence-corrected chi connectivity index (χ2v) is 18.0. The third-order valence-electron chi connectivity index (χ3n) is 12.8. The van der Waals surface area contributed by atoms with Gasteiger partial charge in [-0.1, -0.05) is 57.9 Å². The SMILES string of the molecule is CCOC(=O)c1cn(CC[C@H]2O[C@H](c3cccc(OC)c3OC)c3cc(Cl)cc(F)c3-n3cccc32)nn1.CCOC(=O)c1cnnn1CC[C@H]1O[C@H](c2cccc(OC)c2OC)c2cc(Cl)cc(F)c2-n2cccc21. The van der Waals surface area contributed by atoms with Crippen molar-refractivity contribution < 1.29 is 56.3 Å². The molecule has 0 bridgehead atoms. The summed E-state index contributed by atoms with van der Waals surface area (Å²) >= 11 is 12.7. The highest BCUT2D eigenvalue weighted by molar-refractivity contribution is 6.31. The highest BCUT2D eigenvalue weighted by Crippen LogP contribution is 2.49. The van der Waals surface area contributed by atoms with E-state index in [0.717, 1.165) is 11.4 Å². The summed E-state index contributed by atoms with van der Waals surface area (Å²) < 4.78 is 83.7. The Labute approximate surface area is 445 Å². The molecule has 4 aromatic carbocycles. The average molecular weight is 1080 g/mol. The second kappa shape index (κ2) is 23.4. The van der Waals surface area contributed by atoms with Crippen molar-refractivity contribution in [1.82, 2.24) is 39.1 Å². The first-order valence-electron chi connectivity index (χ1n) is 24.1. The molecule has 0 fully saturated rings. The summed E-state index contributed by atoms with van der Waals surface area (Å²) in [6.07, 6.45) is 4.80. The minimum atomic E-state index is -0.756. The van der Waals surface area contributed by atoms with Gasteiger partial charge in [-0.05, 0) is 87.4 Å². The molecule has 0 saturated carbocycles. The van der Waals surface area contributed by atoms with Crippen LogP contribution in [-0.4, -0.2) is 92.7 Å². The number of ether oxygens (including phenoxy) is 8. The van der Waals surface area contributed by atoms with Crippen LogP contribution in [0.15, 0.2) is 110 Å². The number of halogens is 4. The van der Waals surface area contributed by atoms with Gasteiger partial charge in [-0.2, -0.15) is 0 Å². The molecule has 2 aliphatic rings. The summed E-state index contributed by atoms with van der Waals surface area (Å²) in [6.45, 7) is 4.61. The van der Waals surface area contributed by atoms with Crippen LogP contribution in [0.4, 0.5) is 8.78 Å². The quantitative estimate of drug-likeness (QED) is 0.0834. The van der Waals surface area contributed by atoms with Crippen molar-refractivity contribution in [2.24, 2.45) is 0 Å². The predicted octanol–water partition coefficient (Wildman–Crippen LogP) is 10.6. The molecule has 0 aliphatic carbocycles. The molecule has 6 heterocycles. The molecule has 0 saturated heterocycles. The Morgan fingerprint density at radius 1 is 0.632 bits per heavy atom. The van der Waals surface area contributed by atoms with E-state index in [1.165, 1.54) is 29.2 Å². The molecule has 4 aromatic heterocycles. The fourth-order valence-corrected chi connectivity index (χ4v) is 9.97. The molecular weight excluding hydrogens is 1030 g/mol. The van der Waals surface area contributed by atoms with E-state index >= 15 is 8.78 Å². The van der Waals surface area contributed by atoms with Crippen LogP contribution in [0.3, 0.4) is 0 Å². The van der Waals surface area contributed by atoms with E-state index in [1.54, 1.807) is 92.8 Å². The second-order valence-electron chi connectivity index (χ2n) is 17.2. The number of hydrogen-bond acceptors (Lipinski definition) is 14. The number of nitrogens with zero attached hydrogens (tertiary/aromatic N) is 8. The molecule has 10 rings (SSSR count). The summed E-state index contributed by atoms with van der Waals surface area (Å²) in [6, 6.07) is 24.3. The zero-order valence-electron chi connectivity index (χ0n) is 42.1. The van der Waals surface area contributed by atoms with Gasteiger partial charge >= 0.3 is 11.9 Å². The van der Waals surface area contributed by atoms with E-state index in [2.05, 4.69) is 20.6 Å². The number of rotatable bonds is 16. The molecule has 2 aliphatic heterocycles. The van der Waals surface area contributed by atoms with Crippen LogP contribution < -0.4 is 18.9 Å². The lowest BCUT2D eigenvalue weighted by atomic mass is 9.98. The Bertz CT molecular complexity index is 3380. The molecule has 0 N–H and O–H groups in total. The predicted molar refractivity (Wildman–Crippen MR) is 273 cm³/mol. The summed E-state index contributed by atoms with van der Waals surface area (Å²) in [5.41, 5.74) is 4.92. The number of carbonyl (C=O) groups excluding carboxylic acids is 2. The number of fused-ring (bicyclic) bond motifs is 6. The monoisotopic (exact) mass is 1080 g/mol. The van der Waals surface area contributed by atoms with Crippen molar-refractivity contribution >= 4 is 35.1 Å². The van der Waals surface area contributed by atoms with Crippen LogP contribution in [0, 0.1) is 11.6 Å². The van der Waals surface area contributed by atoms with Gasteiger partial charge in [0.1, 0.15) is 36.1 Å². The molecule has 8 aromatic rings. The third kappa shape index (κ3) is 10.6. The van der Waals surface area contributed by atoms with Gasteiger partial charge in [-0.15, -0.1) is 10.2 Å². The molecule has 76 heavy (non-hydrogen) atoms. The number of aromatic nitrogens is 8. The lowest BCUT2D eigenvalue weighted by Crippen LogP contribution is -2.17. The van der Waals surface area contributed by atoms with Crippen molar-refractivity contribution in [2.75, 3.05) is 41.7 Å². The van der Waals surface area contributed by atoms with Crippen LogP contribution in [0.5, 0.6) is 23.0 Å². The number of esters is 2. The van der Waals surface area contributed by atoms with Gasteiger partial charge < -0.3 is 47.0 Å². The van der Waals surface area contributed by atoms with E-state index in [-0.39, 0.29) is 34.6 Å². The van der Waals surface area contributed by atoms with Gasteiger partial charge in [0.05, 0.1) is 76.8 Å². The average Bonchev–Trinajstić information content (AvgIpc) is 4.31. The minimum Gasteiger partial charge on any atom is -0.493 e. The number of hydrogen-bond donors (Lipinski definition) is 0. The Hall–Kier alpha value is -7.78. The van der Waals surface area contributed by atoms with E-state index in [0.29, 0.717) is 82.6 Å². The summed E-state index contributed by atoms with van der Waals surface area (Å²) in [7, 11) is 6.19. The molecule has 396 valence electrons. The number of benzene rings is 4. The van der Waals surface area contributed by atoms with Crippen molar-refractivity contribution in [1.29, 1.82) is 0 Å². The lowest BCUT2D eigenvalue weighted by molar-refractivity contribution is -0.00206. The first kappa shape index (κ1) is 53.1. The van der Waals surface area contributed by atoms with E-state index < -0.39 is 48.0 Å². The fraction of sp³-hybridized carbons (Fsp3) is 0.296. The van der Waals surface area contributed by atoms with Crippen LogP contribution in [0.1, 0.15) is 106 Å². The van der Waals surface area contributed by atoms with Crippen molar-refractivity contribution in [2.45, 2.75) is 64.2 Å². The summed E-state index contributed by atoms with van der Waals surface area (Å²) in [4.78, 5) is 24.3. The van der Waals surface area contributed by atoms with Crippen LogP contribution >= 0.6 is 23.2 Å². The van der Waals surface area contributed by atoms with Crippen molar-refractivity contribution in [3.05, 3.63) is 176 Å². The van der Waals surface area contributed by atoms with Crippen LogP contribution in [0.2, 0.25) is 10.0 Å². The molecule has 22 heteroatoms. The number of para-hydroxylation sites is 2.